The van der Waals surface area contributed by atoms with Crippen LogP contribution in [0.25, 0.3) is 0 Å². The molecule has 5 heteroatoms. The van der Waals surface area contributed by atoms with Crippen molar-refractivity contribution in [2.24, 2.45) is 16.1 Å². The van der Waals surface area contributed by atoms with Crippen LogP contribution in [0, 0.1) is 5.41 Å². The van der Waals surface area contributed by atoms with Crippen LogP contribution in [0.5, 0.6) is 0 Å². The largest absolute Gasteiger partial charge is 0.382 e. The molecule has 0 heterocycles. The summed E-state index contributed by atoms with van der Waals surface area (Å²) < 4.78 is 5.55. The molecule has 1 aliphatic rings. The van der Waals surface area contributed by atoms with Gasteiger partial charge >= 0.3 is 0 Å². The van der Waals surface area contributed by atoms with E-state index in [0.29, 0.717) is 11.4 Å². The Hall–Kier alpha value is -0.820. The van der Waals surface area contributed by atoms with E-state index in [-0.39, 0.29) is 24.0 Å². The van der Waals surface area contributed by atoms with E-state index in [1.807, 2.05) is 13.0 Å². The van der Waals surface area contributed by atoms with Gasteiger partial charge in [0.1, 0.15) is 0 Å². The lowest BCUT2D eigenvalue weighted by Gasteiger charge is -2.27. The molecule has 136 valence electrons. The molecule has 0 bridgehead atoms. The smallest absolute Gasteiger partial charge is 0.188 e. The number of guanidine groups is 1. The SMILES string of the molecule is CCOCCC1(CN=C(N)NCCc2ccccc2)CCCC1.I. The topological polar surface area (TPSA) is 59.6 Å². The highest BCUT2D eigenvalue weighted by Crippen LogP contribution is 2.41. The molecule has 1 fully saturated rings. The van der Waals surface area contributed by atoms with Gasteiger partial charge in [0.15, 0.2) is 5.96 Å². The summed E-state index contributed by atoms with van der Waals surface area (Å²) in [6.07, 6.45) is 7.18. The van der Waals surface area contributed by atoms with Crippen molar-refractivity contribution in [2.45, 2.75) is 45.4 Å². The van der Waals surface area contributed by atoms with Crippen molar-refractivity contribution in [3.63, 3.8) is 0 Å². The first-order chi connectivity index (χ1) is 11.2. The summed E-state index contributed by atoms with van der Waals surface area (Å²) in [7, 11) is 0. The summed E-state index contributed by atoms with van der Waals surface area (Å²) in [6.45, 7) is 5.33. The molecule has 0 spiro atoms. The van der Waals surface area contributed by atoms with Crippen LogP contribution in [0.2, 0.25) is 0 Å². The second-order valence-electron chi connectivity index (χ2n) is 6.52. The molecule has 0 radical (unpaired) electrons. The van der Waals surface area contributed by atoms with E-state index in [1.54, 1.807) is 0 Å². The van der Waals surface area contributed by atoms with Crippen molar-refractivity contribution in [1.82, 2.24) is 5.32 Å². The summed E-state index contributed by atoms with van der Waals surface area (Å²) in [5.41, 5.74) is 7.66. The lowest BCUT2D eigenvalue weighted by atomic mass is 9.83. The number of hydrogen-bond donors (Lipinski definition) is 2. The number of ether oxygens (including phenoxy) is 1. The van der Waals surface area contributed by atoms with Gasteiger partial charge in [0.05, 0.1) is 0 Å². The van der Waals surface area contributed by atoms with E-state index >= 15 is 0 Å². The number of benzene rings is 1. The minimum absolute atomic E-state index is 0. The second-order valence-corrected chi connectivity index (χ2v) is 6.52. The van der Waals surface area contributed by atoms with Gasteiger partial charge in [-0.1, -0.05) is 43.2 Å². The molecule has 1 aromatic rings. The lowest BCUT2D eigenvalue weighted by molar-refractivity contribution is 0.107. The maximum Gasteiger partial charge on any atom is 0.188 e. The number of nitrogens with one attached hydrogen (secondary N) is 1. The Bertz CT molecular complexity index is 473. The second kappa shape index (κ2) is 11.7. The third-order valence-electron chi connectivity index (χ3n) is 4.79. The highest BCUT2D eigenvalue weighted by Gasteiger charge is 2.33. The van der Waals surface area contributed by atoms with Gasteiger partial charge in [0.25, 0.3) is 0 Å². The number of halogens is 1. The molecular weight excluding hydrogens is 413 g/mol. The average molecular weight is 445 g/mol. The van der Waals surface area contributed by atoms with Crippen LogP contribution in [-0.2, 0) is 11.2 Å². The highest BCUT2D eigenvalue weighted by molar-refractivity contribution is 14.0. The van der Waals surface area contributed by atoms with Crippen LogP contribution in [-0.4, -0.2) is 32.3 Å². The predicted molar refractivity (Wildman–Crippen MR) is 112 cm³/mol. The number of rotatable bonds is 9. The standard InChI is InChI=1S/C19H31N3O.HI/c1-2-23-15-13-19(11-6-7-12-19)16-22-18(20)21-14-10-17-8-4-3-5-9-17;/h3-5,8-9H,2,6-7,10-16H2,1H3,(H3,20,21,22);1H. The molecule has 0 unspecified atom stereocenters. The maximum atomic E-state index is 6.04. The first-order valence-electron chi connectivity index (χ1n) is 8.89. The van der Waals surface area contributed by atoms with Crippen molar-refractivity contribution >= 4 is 29.9 Å². The molecule has 0 saturated heterocycles. The summed E-state index contributed by atoms with van der Waals surface area (Å²) in [4.78, 5) is 4.62. The van der Waals surface area contributed by atoms with E-state index < -0.39 is 0 Å². The first kappa shape index (κ1) is 21.2. The molecule has 1 saturated carbocycles. The molecule has 0 aliphatic heterocycles. The van der Waals surface area contributed by atoms with E-state index in [4.69, 9.17) is 10.5 Å². The molecule has 0 atom stereocenters. The zero-order chi connectivity index (χ0) is 16.4. The van der Waals surface area contributed by atoms with Crippen molar-refractivity contribution in [1.29, 1.82) is 0 Å². The summed E-state index contributed by atoms with van der Waals surface area (Å²) in [5.74, 6) is 0.573. The normalized spacial score (nSPS) is 16.6. The predicted octanol–water partition coefficient (Wildman–Crippen LogP) is 3.74. The van der Waals surface area contributed by atoms with Gasteiger partial charge in [0.2, 0.25) is 0 Å². The summed E-state index contributed by atoms with van der Waals surface area (Å²) in [6, 6.07) is 10.4. The van der Waals surface area contributed by atoms with Crippen molar-refractivity contribution in [2.75, 3.05) is 26.3 Å². The van der Waals surface area contributed by atoms with Gasteiger partial charge in [0, 0.05) is 26.3 Å². The van der Waals surface area contributed by atoms with Crippen molar-refractivity contribution in [3.8, 4) is 0 Å². The van der Waals surface area contributed by atoms with Crippen molar-refractivity contribution in [3.05, 3.63) is 35.9 Å². The van der Waals surface area contributed by atoms with Gasteiger partial charge in [-0.2, -0.15) is 0 Å². The molecule has 1 aromatic carbocycles. The molecule has 24 heavy (non-hydrogen) atoms. The number of nitrogens with two attached hydrogens (primary N) is 1. The molecule has 1 aliphatic carbocycles. The Morgan fingerprint density at radius 1 is 1.25 bits per heavy atom. The van der Waals surface area contributed by atoms with Gasteiger partial charge < -0.3 is 15.8 Å². The Morgan fingerprint density at radius 2 is 1.96 bits per heavy atom. The van der Waals surface area contributed by atoms with Gasteiger partial charge in [-0.25, -0.2) is 0 Å². The Kier molecular flexibility index (Phi) is 10.3. The van der Waals surface area contributed by atoms with Crippen LogP contribution < -0.4 is 11.1 Å². The summed E-state index contributed by atoms with van der Waals surface area (Å²) >= 11 is 0. The Morgan fingerprint density at radius 3 is 2.62 bits per heavy atom. The molecule has 0 amide bonds. The van der Waals surface area contributed by atoms with Crippen LogP contribution in [0.4, 0.5) is 0 Å². The number of aliphatic imine (C=N–C) groups is 1. The number of hydrogen-bond acceptors (Lipinski definition) is 2. The third-order valence-corrected chi connectivity index (χ3v) is 4.79. The zero-order valence-corrected chi connectivity index (χ0v) is 17.1. The number of nitrogens with zero attached hydrogens (tertiary/aromatic N) is 1. The molecule has 2 rings (SSSR count). The van der Waals surface area contributed by atoms with Gasteiger partial charge in [-0.05, 0) is 43.6 Å². The van der Waals surface area contributed by atoms with Crippen LogP contribution in [0.1, 0.15) is 44.6 Å². The van der Waals surface area contributed by atoms with E-state index in [2.05, 4.69) is 34.6 Å². The van der Waals surface area contributed by atoms with Crippen LogP contribution >= 0.6 is 24.0 Å². The fourth-order valence-corrected chi connectivity index (χ4v) is 3.33. The van der Waals surface area contributed by atoms with Crippen molar-refractivity contribution < 1.29 is 4.74 Å². The lowest BCUT2D eigenvalue weighted by Crippen LogP contribution is -2.35. The highest BCUT2D eigenvalue weighted by atomic mass is 127. The average Bonchev–Trinajstić information content (AvgIpc) is 3.04. The summed E-state index contributed by atoms with van der Waals surface area (Å²) in [5, 5.41) is 3.24. The zero-order valence-electron chi connectivity index (χ0n) is 14.8. The van der Waals surface area contributed by atoms with E-state index in [9.17, 15) is 0 Å². The Balaban J connectivity index is 0.00000288. The van der Waals surface area contributed by atoms with E-state index in [0.717, 1.165) is 39.1 Å². The molecule has 3 N–H and O–H groups in total. The van der Waals surface area contributed by atoms with Gasteiger partial charge in [-0.15, -0.1) is 24.0 Å². The molecule has 4 nitrogen and oxygen atoms in total. The Labute approximate surface area is 163 Å². The maximum absolute atomic E-state index is 6.04. The minimum atomic E-state index is 0. The van der Waals surface area contributed by atoms with Gasteiger partial charge in [-0.3, -0.25) is 4.99 Å². The fraction of sp³-hybridized carbons (Fsp3) is 0.632. The molecular formula is C19H32IN3O. The van der Waals surface area contributed by atoms with Crippen LogP contribution in [0.15, 0.2) is 35.3 Å². The third kappa shape index (κ3) is 7.38. The molecule has 0 aromatic heterocycles. The van der Waals surface area contributed by atoms with Crippen LogP contribution in [0.3, 0.4) is 0 Å². The monoisotopic (exact) mass is 445 g/mol. The fourth-order valence-electron chi connectivity index (χ4n) is 3.33. The first-order valence-corrected chi connectivity index (χ1v) is 8.89. The minimum Gasteiger partial charge on any atom is -0.382 e. The van der Waals surface area contributed by atoms with E-state index in [1.165, 1.54) is 31.2 Å². The quantitative estimate of drug-likeness (QED) is 0.264.